The maximum atomic E-state index is 13.7. The van der Waals surface area contributed by atoms with Crippen LogP contribution in [0.2, 0.25) is 0 Å². The van der Waals surface area contributed by atoms with Gasteiger partial charge in [0.2, 0.25) is 11.8 Å². The van der Waals surface area contributed by atoms with Crippen molar-refractivity contribution in [2.45, 2.75) is 37.1 Å². The molecule has 3 aromatic carbocycles. The second-order valence-electron chi connectivity index (χ2n) is 9.49. The number of amides is 2. The first-order chi connectivity index (χ1) is 18.5. The molecular weight excluding hydrogens is 487 g/mol. The summed E-state index contributed by atoms with van der Waals surface area (Å²) in [5.41, 5.74) is 2.62. The van der Waals surface area contributed by atoms with Gasteiger partial charge in [0.1, 0.15) is 23.8 Å². The zero-order valence-corrected chi connectivity index (χ0v) is 20.7. The van der Waals surface area contributed by atoms with Crippen LogP contribution in [0.1, 0.15) is 22.6 Å². The minimum Gasteiger partial charge on any atom is -0.486 e. The molecule has 3 aromatic rings. The van der Waals surface area contributed by atoms with E-state index in [1.807, 2.05) is 48.5 Å². The monoisotopic (exact) mass is 516 g/mol. The molecular formula is C30H29FN2O5. The number of rotatable bonds is 8. The topological polar surface area (TPSA) is 99.1 Å². The predicted molar refractivity (Wildman–Crippen MR) is 139 cm³/mol. The Kier molecular flexibility index (Phi) is 7.53. The van der Waals surface area contributed by atoms with Gasteiger partial charge in [0.25, 0.3) is 0 Å². The molecule has 0 saturated carbocycles. The van der Waals surface area contributed by atoms with Gasteiger partial charge < -0.3 is 25.2 Å². The Hall–Kier alpha value is -4.01. The molecule has 2 aliphatic rings. The van der Waals surface area contributed by atoms with Gasteiger partial charge >= 0.3 is 0 Å². The van der Waals surface area contributed by atoms with Gasteiger partial charge in [0.15, 0.2) is 0 Å². The largest absolute Gasteiger partial charge is 0.486 e. The normalized spacial score (nSPS) is 21.5. The number of nitrogens with one attached hydrogen (secondary N) is 1. The third-order valence-electron chi connectivity index (χ3n) is 7.02. The van der Waals surface area contributed by atoms with Crippen molar-refractivity contribution in [3.8, 4) is 5.75 Å². The van der Waals surface area contributed by atoms with E-state index in [9.17, 15) is 24.2 Å². The lowest BCUT2D eigenvalue weighted by atomic mass is 9.77. The van der Waals surface area contributed by atoms with E-state index in [1.54, 1.807) is 24.3 Å². The van der Waals surface area contributed by atoms with Crippen LogP contribution in [0, 0.1) is 5.82 Å². The van der Waals surface area contributed by atoms with Crippen LogP contribution in [0.15, 0.2) is 90.5 Å². The van der Waals surface area contributed by atoms with Crippen LogP contribution in [0.4, 0.5) is 4.39 Å². The Morgan fingerprint density at radius 3 is 2.39 bits per heavy atom. The maximum Gasteiger partial charge on any atom is 0.247 e. The van der Waals surface area contributed by atoms with E-state index in [2.05, 4.69) is 5.32 Å². The molecule has 0 saturated heterocycles. The van der Waals surface area contributed by atoms with Crippen molar-refractivity contribution < 1.29 is 28.9 Å². The number of carbonyl (C=O) groups excluding carboxylic acids is 2. The van der Waals surface area contributed by atoms with E-state index < -0.39 is 35.9 Å². The molecule has 0 aromatic heterocycles. The summed E-state index contributed by atoms with van der Waals surface area (Å²) in [4.78, 5) is 28.5. The average molecular weight is 517 g/mol. The summed E-state index contributed by atoms with van der Waals surface area (Å²) in [6.45, 7) is -0.0614. The van der Waals surface area contributed by atoms with Crippen molar-refractivity contribution in [3.63, 3.8) is 0 Å². The number of aliphatic hydroxyl groups excluding tert-OH is 2. The number of halogens is 1. The highest BCUT2D eigenvalue weighted by molar-refractivity contribution is 5.96. The van der Waals surface area contributed by atoms with Gasteiger partial charge in [-0.25, -0.2) is 4.39 Å². The SMILES string of the molecule is O=C(NCCO)C1=C[C@@H](N(Cc2ccc(F)cc2)C(=O)Cc2ccccc2)[C@H](O)[C@H]2Oc3ccccc3[C@@H]12. The summed E-state index contributed by atoms with van der Waals surface area (Å²) in [7, 11) is 0. The molecule has 0 radical (unpaired) electrons. The number of carbonyl (C=O) groups is 2. The van der Waals surface area contributed by atoms with E-state index in [0.717, 1.165) is 11.1 Å². The number of benzene rings is 3. The lowest BCUT2D eigenvalue weighted by Crippen LogP contribution is -2.55. The van der Waals surface area contributed by atoms with Crippen molar-refractivity contribution in [3.05, 3.63) is 113 Å². The summed E-state index contributed by atoms with van der Waals surface area (Å²) in [6, 6.07) is 21.5. The van der Waals surface area contributed by atoms with Crippen LogP contribution < -0.4 is 10.1 Å². The van der Waals surface area contributed by atoms with Crippen LogP contribution >= 0.6 is 0 Å². The first kappa shape index (κ1) is 25.6. The number of nitrogens with zero attached hydrogens (tertiary/aromatic N) is 1. The Labute approximate surface area is 220 Å². The van der Waals surface area contributed by atoms with E-state index in [1.165, 1.54) is 17.0 Å². The molecule has 0 spiro atoms. The molecule has 1 aliphatic carbocycles. The maximum absolute atomic E-state index is 13.7. The highest BCUT2D eigenvalue weighted by Crippen LogP contribution is 2.47. The summed E-state index contributed by atoms with van der Waals surface area (Å²) < 4.78 is 19.7. The lowest BCUT2D eigenvalue weighted by Gasteiger charge is -2.41. The number of fused-ring (bicyclic) bond motifs is 3. The van der Waals surface area contributed by atoms with Gasteiger partial charge in [-0.2, -0.15) is 0 Å². The second kappa shape index (κ2) is 11.2. The Morgan fingerprint density at radius 1 is 0.947 bits per heavy atom. The van der Waals surface area contributed by atoms with E-state index in [4.69, 9.17) is 4.74 Å². The number of ether oxygens (including phenoxy) is 1. The smallest absolute Gasteiger partial charge is 0.247 e. The highest BCUT2D eigenvalue weighted by atomic mass is 19.1. The van der Waals surface area contributed by atoms with Crippen LogP contribution in [0.25, 0.3) is 0 Å². The van der Waals surface area contributed by atoms with Crippen molar-refractivity contribution in [1.29, 1.82) is 0 Å². The fourth-order valence-corrected chi connectivity index (χ4v) is 5.21. The molecule has 3 N–H and O–H groups in total. The van der Waals surface area contributed by atoms with E-state index in [-0.39, 0.29) is 32.0 Å². The zero-order valence-electron chi connectivity index (χ0n) is 20.7. The standard InChI is InChI=1S/C30H29FN2O5/c31-21-12-10-20(11-13-21)18-33(26(35)16-19-6-2-1-3-7-19)24-17-23(30(37)32-14-15-34)27-22-8-4-5-9-25(22)38-29(27)28(24)36/h1-13,17,24,27-29,34,36H,14-16,18H2,(H,32,37)/t24-,27+,28+,29+/m1/s1. The van der Waals surface area contributed by atoms with Gasteiger partial charge in [0.05, 0.1) is 25.0 Å². The average Bonchev–Trinajstić information content (AvgIpc) is 3.33. The summed E-state index contributed by atoms with van der Waals surface area (Å²) in [5.74, 6) is -1.01. The fraction of sp³-hybridized carbons (Fsp3) is 0.267. The van der Waals surface area contributed by atoms with Crippen LogP contribution in [-0.2, 0) is 22.6 Å². The minimum absolute atomic E-state index is 0.0650. The Morgan fingerprint density at radius 2 is 1.66 bits per heavy atom. The number of aliphatic hydroxyl groups is 2. The molecule has 2 amide bonds. The molecule has 4 atom stereocenters. The minimum atomic E-state index is -1.14. The Balaban J connectivity index is 1.55. The van der Waals surface area contributed by atoms with Crippen LogP contribution in [0.5, 0.6) is 5.75 Å². The van der Waals surface area contributed by atoms with Gasteiger partial charge in [-0.05, 0) is 35.4 Å². The molecule has 38 heavy (non-hydrogen) atoms. The van der Waals surface area contributed by atoms with Gasteiger partial charge in [-0.1, -0.05) is 60.7 Å². The molecule has 0 bridgehead atoms. The molecule has 7 nitrogen and oxygen atoms in total. The van der Waals surface area contributed by atoms with Crippen LogP contribution in [-0.4, -0.2) is 58.3 Å². The zero-order chi connectivity index (χ0) is 26.6. The van der Waals surface area contributed by atoms with Crippen molar-refractivity contribution in [1.82, 2.24) is 10.2 Å². The van der Waals surface area contributed by atoms with E-state index in [0.29, 0.717) is 16.9 Å². The molecule has 1 heterocycles. The van der Waals surface area contributed by atoms with Crippen molar-refractivity contribution in [2.24, 2.45) is 0 Å². The Bertz CT molecular complexity index is 1330. The van der Waals surface area contributed by atoms with Gasteiger partial charge in [0, 0.05) is 24.2 Å². The molecule has 1 aliphatic heterocycles. The van der Waals surface area contributed by atoms with Crippen molar-refractivity contribution >= 4 is 11.8 Å². The molecule has 5 rings (SSSR count). The summed E-state index contributed by atoms with van der Waals surface area (Å²) in [6.07, 6.45) is -0.212. The lowest BCUT2D eigenvalue weighted by molar-refractivity contribution is -0.137. The van der Waals surface area contributed by atoms with Crippen molar-refractivity contribution in [2.75, 3.05) is 13.2 Å². The molecule has 8 heteroatoms. The quantitative estimate of drug-likeness (QED) is 0.428. The molecule has 0 unspecified atom stereocenters. The summed E-state index contributed by atoms with van der Waals surface area (Å²) in [5, 5.41) is 23.6. The predicted octanol–water partition coefficient (Wildman–Crippen LogP) is 2.72. The number of para-hydroxylation sites is 1. The third kappa shape index (κ3) is 5.18. The van der Waals surface area contributed by atoms with E-state index >= 15 is 0 Å². The third-order valence-corrected chi connectivity index (χ3v) is 7.02. The first-order valence-electron chi connectivity index (χ1n) is 12.6. The number of hydrogen-bond donors (Lipinski definition) is 3. The van der Waals surface area contributed by atoms with Gasteiger partial charge in [-0.15, -0.1) is 0 Å². The molecule has 196 valence electrons. The van der Waals surface area contributed by atoms with Crippen LogP contribution in [0.3, 0.4) is 0 Å². The highest BCUT2D eigenvalue weighted by Gasteiger charge is 2.50. The number of hydrogen-bond acceptors (Lipinski definition) is 5. The summed E-state index contributed by atoms with van der Waals surface area (Å²) >= 11 is 0. The first-order valence-corrected chi connectivity index (χ1v) is 12.6. The molecule has 0 fully saturated rings. The van der Waals surface area contributed by atoms with Gasteiger partial charge in [-0.3, -0.25) is 9.59 Å². The fourth-order valence-electron chi connectivity index (χ4n) is 5.21. The second-order valence-corrected chi connectivity index (χ2v) is 9.49.